The molecule has 17 heavy (non-hydrogen) atoms. The maximum absolute atomic E-state index is 12.7. The van der Waals surface area contributed by atoms with Crippen LogP contribution in [0.4, 0.5) is 0 Å². The molecule has 7 nitrogen and oxygen atoms in total. The molecule has 3 atom stereocenters. The molecule has 0 amide bonds. The Morgan fingerprint density at radius 1 is 1.00 bits per heavy atom. The Labute approximate surface area is 99.8 Å². The molecule has 5 aliphatic rings. The Balaban J connectivity index is 1.68. The topological polar surface area (TPSA) is 80.7 Å². The number of nitrogens with zero attached hydrogens (tertiary/aromatic N) is 3. The first kappa shape index (κ1) is 10.7. The molecule has 5 fully saturated rings. The molecule has 0 aromatic heterocycles. The van der Waals surface area contributed by atoms with Gasteiger partial charge in [-0.15, -0.1) is 0 Å². The molecule has 9 heteroatoms. The van der Waals surface area contributed by atoms with E-state index in [0.29, 0.717) is 13.1 Å². The molecule has 0 aromatic carbocycles. The predicted octanol–water partition coefficient (Wildman–Crippen LogP) is -1.14. The van der Waals surface area contributed by atoms with Gasteiger partial charge < -0.3 is 0 Å². The van der Waals surface area contributed by atoms with Crippen molar-refractivity contribution in [3.05, 3.63) is 0 Å². The van der Waals surface area contributed by atoms with E-state index in [1.54, 1.807) is 4.31 Å². The van der Waals surface area contributed by atoms with E-state index in [4.69, 9.17) is 4.55 Å². The smallest absolute Gasteiger partial charge is 0.283 e. The third-order valence-corrected chi connectivity index (χ3v) is 8.33. The second kappa shape index (κ2) is 2.43. The van der Waals surface area contributed by atoms with Crippen molar-refractivity contribution in [2.24, 2.45) is 0 Å². The molecular weight excluding hydrogens is 266 g/mol. The monoisotopic (exact) mass is 279 g/mol. The molecule has 0 aromatic rings. The van der Waals surface area contributed by atoms with Gasteiger partial charge in [-0.2, -0.15) is 18.4 Å². The van der Waals surface area contributed by atoms with Crippen LogP contribution in [-0.2, 0) is 19.8 Å². The molecule has 96 valence electrons. The van der Waals surface area contributed by atoms with E-state index in [1.807, 2.05) is 0 Å². The number of piperidine rings is 1. The van der Waals surface area contributed by atoms with Gasteiger partial charge in [-0.1, -0.05) is 6.42 Å². The van der Waals surface area contributed by atoms with E-state index in [0.717, 1.165) is 19.3 Å². The van der Waals surface area contributed by atoms with Crippen molar-refractivity contribution in [2.75, 3.05) is 13.1 Å². The van der Waals surface area contributed by atoms with Crippen molar-refractivity contribution in [2.45, 2.75) is 29.3 Å². The zero-order valence-corrected chi connectivity index (χ0v) is 10.7. The fourth-order valence-electron chi connectivity index (χ4n) is 3.05. The first-order valence-corrected chi connectivity index (χ1v) is 8.66. The Bertz CT molecular complexity index is 609. The van der Waals surface area contributed by atoms with Crippen LogP contribution in [-0.4, -0.2) is 60.5 Å². The van der Waals surface area contributed by atoms with Gasteiger partial charge in [0.25, 0.3) is 4.99 Å². The van der Waals surface area contributed by atoms with Crippen molar-refractivity contribution < 1.29 is 17.2 Å². The van der Waals surface area contributed by atoms with E-state index < -0.39 is 29.8 Å². The predicted molar refractivity (Wildman–Crippen MR) is 61.4 cm³/mol. The summed E-state index contributed by atoms with van der Waals surface area (Å²) in [7, 11) is -6.87. The summed E-state index contributed by atoms with van der Waals surface area (Å²) in [5.41, 5.74) is 0. The van der Waals surface area contributed by atoms with Crippen LogP contribution in [0.15, 0.2) is 0 Å². The highest BCUT2D eigenvalue weighted by atomic mass is 32.2. The maximum Gasteiger partial charge on any atom is 0.305 e. The summed E-state index contributed by atoms with van der Waals surface area (Å²) < 4.78 is 46.0. The minimum Gasteiger partial charge on any atom is -0.283 e. The summed E-state index contributed by atoms with van der Waals surface area (Å²) in [5, 5.41) is 2.89. The fraction of sp³-hybridized carbons (Fsp3) is 0.875. The summed E-state index contributed by atoms with van der Waals surface area (Å²) in [6.45, 7) is 1.38. The van der Waals surface area contributed by atoms with Gasteiger partial charge in [0.15, 0.2) is 0 Å². The molecule has 3 unspecified atom stereocenters. The van der Waals surface area contributed by atoms with Gasteiger partial charge in [-0.05, 0) is 18.7 Å². The van der Waals surface area contributed by atoms with E-state index in [-0.39, 0.29) is 0 Å². The quantitative estimate of drug-likeness (QED) is 0.399. The highest BCUT2D eigenvalue weighted by molar-refractivity contribution is 8.02. The Morgan fingerprint density at radius 2 is 1.53 bits per heavy atom. The Morgan fingerprint density at radius 3 is 1.94 bits per heavy atom. The highest BCUT2D eigenvalue weighted by Gasteiger charge is 3.30. The van der Waals surface area contributed by atoms with Crippen molar-refractivity contribution in [1.82, 2.24) is 14.3 Å². The van der Waals surface area contributed by atoms with Crippen molar-refractivity contribution in [3.63, 3.8) is 0 Å². The molecule has 0 aliphatic carbocycles. The largest absolute Gasteiger partial charge is 0.305 e. The second-order valence-corrected chi connectivity index (χ2v) is 8.83. The molecule has 5 heterocycles. The molecular formula is C8H13N3O4S2. The average molecular weight is 279 g/mol. The molecule has 0 bridgehead atoms. The van der Waals surface area contributed by atoms with Crippen LogP contribution in [0, 0.1) is 0 Å². The van der Waals surface area contributed by atoms with Crippen LogP contribution >= 0.6 is 0 Å². The molecule has 5 rings (SSSR count). The number of hydrazine groups is 1. The highest BCUT2D eigenvalue weighted by Crippen LogP contribution is 2.98. The fourth-order valence-corrected chi connectivity index (χ4v) is 7.75. The zero-order valence-electron chi connectivity index (χ0n) is 9.07. The third-order valence-electron chi connectivity index (χ3n) is 4.13. The van der Waals surface area contributed by atoms with Gasteiger partial charge in [-0.3, -0.25) is 4.55 Å². The van der Waals surface area contributed by atoms with E-state index >= 15 is 0 Å². The standard InChI is InChI=1S/C8H13N3O4S2/c1-16(12,9-5-3-2-4-6-9)7-8(17(13,14)15)10(7)11(7)8/h1-6H2,(H,13,14,15). The Kier molecular flexibility index (Phi) is 1.53. The van der Waals surface area contributed by atoms with Crippen LogP contribution in [0.2, 0.25) is 0 Å². The lowest BCUT2D eigenvalue weighted by molar-refractivity contribution is 0.362. The van der Waals surface area contributed by atoms with Crippen LogP contribution in [0.3, 0.4) is 0 Å². The zero-order chi connectivity index (χ0) is 12.3. The van der Waals surface area contributed by atoms with E-state index in [1.165, 1.54) is 10.0 Å². The lowest BCUT2D eigenvalue weighted by Gasteiger charge is -2.28. The first-order valence-electron chi connectivity index (χ1n) is 5.54. The number of hydrogen-bond acceptors (Lipinski definition) is 5. The second-order valence-electron chi connectivity index (χ2n) is 4.95. The number of hydrogen-bond donors (Lipinski definition) is 1. The number of rotatable bonds is 3. The lowest BCUT2D eigenvalue weighted by Crippen LogP contribution is -2.39. The summed E-state index contributed by atoms with van der Waals surface area (Å²) in [6, 6.07) is 0. The minimum atomic E-state index is -4.19. The Hall–Kier alpha value is -0.190. The van der Waals surface area contributed by atoms with Crippen LogP contribution < -0.4 is 0 Å². The maximum atomic E-state index is 12.7. The third kappa shape index (κ3) is 0.815. The van der Waals surface area contributed by atoms with Gasteiger partial charge in [0, 0.05) is 13.1 Å². The lowest BCUT2D eigenvalue weighted by atomic mass is 10.2. The van der Waals surface area contributed by atoms with Gasteiger partial charge in [0.1, 0.15) is 0 Å². The molecule has 5 saturated heterocycles. The van der Waals surface area contributed by atoms with Crippen molar-refractivity contribution >= 4 is 25.7 Å². The summed E-state index contributed by atoms with van der Waals surface area (Å²) in [5.74, 6) is 3.74. The van der Waals surface area contributed by atoms with Crippen molar-refractivity contribution in [1.29, 1.82) is 0 Å². The molecule has 5 aliphatic heterocycles. The average Bonchev–Trinajstić information content (AvgIpc) is 3.08. The van der Waals surface area contributed by atoms with Crippen LogP contribution in [0.25, 0.3) is 0 Å². The molecule has 1 N–H and O–H groups in total. The molecule has 0 spiro atoms. The summed E-state index contributed by atoms with van der Waals surface area (Å²) in [4.78, 5) is -2.36. The van der Waals surface area contributed by atoms with Gasteiger partial charge >= 0.3 is 10.1 Å². The SMILES string of the molecule is C=S(=O)(N1CCCCC1)C12N3N1C32S(=O)(=O)O. The molecule has 0 saturated carbocycles. The summed E-state index contributed by atoms with van der Waals surface area (Å²) >= 11 is 0. The normalized spacial score (nSPS) is 54.6. The van der Waals surface area contributed by atoms with E-state index in [2.05, 4.69) is 5.87 Å². The summed E-state index contributed by atoms with van der Waals surface area (Å²) in [6.07, 6.45) is 3.03. The van der Waals surface area contributed by atoms with E-state index in [9.17, 15) is 12.6 Å². The van der Waals surface area contributed by atoms with Crippen LogP contribution in [0.1, 0.15) is 19.3 Å². The first-order chi connectivity index (χ1) is 7.84. The van der Waals surface area contributed by atoms with Gasteiger partial charge in [0.2, 0.25) is 4.99 Å². The van der Waals surface area contributed by atoms with Crippen molar-refractivity contribution in [3.8, 4) is 0 Å². The van der Waals surface area contributed by atoms with Gasteiger partial charge in [-0.25, -0.2) is 8.51 Å². The minimum absolute atomic E-state index is 0.688. The molecule has 0 radical (unpaired) electrons. The van der Waals surface area contributed by atoms with Gasteiger partial charge in [0.05, 0.1) is 9.71 Å². The van der Waals surface area contributed by atoms with Crippen LogP contribution in [0.5, 0.6) is 0 Å².